The molecule has 0 aliphatic heterocycles. The largest absolute Gasteiger partial charge is 0.399 e. The normalized spacial score (nSPS) is 10.4. The van der Waals surface area contributed by atoms with Crippen LogP contribution in [0.4, 0.5) is 5.69 Å². The molecule has 0 aromatic heterocycles. The Kier molecular flexibility index (Phi) is 7.61. The molecule has 5 heteroatoms. The second-order valence-electron chi connectivity index (χ2n) is 7.22. The average Bonchev–Trinajstić information content (AvgIpc) is 2.77. The molecule has 30 heavy (non-hydrogen) atoms. The Labute approximate surface area is 176 Å². The zero-order valence-electron chi connectivity index (χ0n) is 16.8. The van der Waals surface area contributed by atoms with Gasteiger partial charge in [-0.25, -0.2) is 4.79 Å². The fraction of sp³-hybridized carbons (Fsp3) is 0.200. The van der Waals surface area contributed by atoms with E-state index in [9.17, 15) is 9.59 Å². The number of aryl methyl sites for hydroxylation is 2. The fourth-order valence-electron chi connectivity index (χ4n) is 3.13. The number of rotatable bonds is 8. The number of nitrogen functional groups attached to an aromatic ring is 1. The molecule has 0 bridgehead atoms. The lowest BCUT2D eigenvalue weighted by atomic mass is 10.0. The first-order chi connectivity index (χ1) is 14.6. The van der Waals surface area contributed by atoms with E-state index in [1.54, 1.807) is 24.3 Å². The minimum Gasteiger partial charge on any atom is -0.399 e. The van der Waals surface area contributed by atoms with Crippen molar-refractivity contribution in [3.05, 3.63) is 101 Å². The van der Waals surface area contributed by atoms with Crippen molar-refractivity contribution < 1.29 is 14.4 Å². The van der Waals surface area contributed by atoms with Crippen molar-refractivity contribution in [3.8, 4) is 0 Å². The highest BCUT2D eigenvalue weighted by Gasteiger charge is 2.10. The van der Waals surface area contributed by atoms with Gasteiger partial charge in [-0.15, -0.1) is 0 Å². The van der Waals surface area contributed by atoms with E-state index in [1.807, 2.05) is 30.3 Å². The smallest absolute Gasteiger partial charge is 0.362 e. The predicted molar refractivity (Wildman–Crippen MR) is 118 cm³/mol. The number of hydrogen-bond acceptors (Lipinski definition) is 4. The van der Waals surface area contributed by atoms with Crippen LogP contribution in [0.15, 0.2) is 78.9 Å². The van der Waals surface area contributed by atoms with Crippen LogP contribution < -0.4 is 11.2 Å². The molecule has 3 aromatic rings. The molecule has 0 unspecified atom stereocenters. The van der Waals surface area contributed by atoms with Crippen LogP contribution in [0.25, 0.3) is 0 Å². The minimum absolute atomic E-state index is 0.142. The molecule has 0 aliphatic carbocycles. The SMILES string of the molecule is Nc1ccc(C(=O)ONC(=O)Cc2ccc(CCCCc3ccccc3)cc2)cc1. The van der Waals surface area contributed by atoms with Crippen molar-refractivity contribution in [2.75, 3.05) is 5.73 Å². The van der Waals surface area contributed by atoms with Gasteiger partial charge in [-0.1, -0.05) is 54.6 Å². The molecule has 0 aliphatic rings. The van der Waals surface area contributed by atoms with Gasteiger partial charge in [0.05, 0.1) is 12.0 Å². The summed E-state index contributed by atoms with van der Waals surface area (Å²) in [4.78, 5) is 28.8. The van der Waals surface area contributed by atoms with E-state index in [0.717, 1.165) is 31.2 Å². The number of hydroxylamine groups is 1. The highest BCUT2D eigenvalue weighted by Crippen LogP contribution is 2.11. The van der Waals surface area contributed by atoms with Gasteiger partial charge in [-0.3, -0.25) is 4.79 Å². The number of carbonyl (C=O) groups excluding carboxylic acids is 2. The van der Waals surface area contributed by atoms with E-state index >= 15 is 0 Å². The number of nitrogens with two attached hydrogens (primary N) is 1. The monoisotopic (exact) mass is 402 g/mol. The standard InChI is InChI=1S/C25H26N2O3/c26-23-16-14-22(15-17-23)25(29)30-27-24(28)18-21-12-10-20(11-13-21)9-5-4-8-19-6-2-1-3-7-19/h1-3,6-7,10-17H,4-5,8-9,18,26H2,(H,27,28). The van der Waals surface area contributed by atoms with Crippen molar-refractivity contribution in [1.82, 2.24) is 5.48 Å². The first-order valence-corrected chi connectivity index (χ1v) is 10.1. The molecule has 0 radical (unpaired) electrons. The van der Waals surface area contributed by atoms with E-state index in [-0.39, 0.29) is 12.3 Å². The molecule has 0 atom stereocenters. The molecule has 5 nitrogen and oxygen atoms in total. The lowest BCUT2D eigenvalue weighted by molar-refractivity contribution is -0.129. The Hall–Kier alpha value is -3.60. The van der Waals surface area contributed by atoms with E-state index in [2.05, 4.69) is 29.7 Å². The summed E-state index contributed by atoms with van der Waals surface area (Å²) in [5, 5.41) is 0. The maximum absolute atomic E-state index is 12.0. The zero-order valence-corrected chi connectivity index (χ0v) is 16.8. The average molecular weight is 402 g/mol. The maximum Gasteiger partial charge on any atom is 0.362 e. The Bertz CT molecular complexity index is 952. The molecular weight excluding hydrogens is 376 g/mol. The van der Waals surface area contributed by atoms with Crippen LogP contribution >= 0.6 is 0 Å². The number of benzene rings is 3. The summed E-state index contributed by atoms with van der Waals surface area (Å²) in [6.45, 7) is 0. The van der Waals surface area contributed by atoms with Crippen molar-refractivity contribution in [2.24, 2.45) is 0 Å². The molecule has 0 fully saturated rings. The quantitative estimate of drug-likeness (QED) is 0.335. The highest BCUT2D eigenvalue weighted by molar-refractivity contribution is 5.90. The van der Waals surface area contributed by atoms with Crippen molar-refractivity contribution in [3.63, 3.8) is 0 Å². The van der Waals surface area contributed by atoms with Crippen molar-refractivity contribution in [1.29, 1.82) is 0 Å². The second kappa shape index (κ2) is 10.8. The Morgan fingerprint density at radius 3 is 1.93 bits per heavy atom. The summed E-state index contributed by atoms with van der Waals surface area (Å²) < 4.78 is 0. The summed E-state index contributed by atoms with van der Waals surface area (Å²) in [6, 6.07) is 24.8. The Morgan fingerprint density at radius 2 is 1.30 bits per heavy atom. The molecule has 3 rings (SSSR count). The van der Waals surface area contributed by atoms with Gasteiger partial charge in [-0.2, -0.15) is 5.48 Å². The first-order valence-electron chi connectivity index (χ1n) is 10.1. The molecule has 154 valence electrons. The van der Waals surface area contributed by atoms with Gasteiger partial charge in [-0.05, 0) is 66.6 Å². The Morgan fingerprint density at radius 1 is 0.733 bits per heavy atom. The van der Waals surface area contributed by atoms with Gasteiger partial charge >= 0.3 is 5.97 Å². The molecular formula is C25H26N2O3. The minimum atomic E-state index is -0.630. The van der Waals surface area contributed by atoms with Crippen LogP contribution in [0.3, 0.4) is 0 Å². The molecule has 3 N–H and O–H groups in total. The first kappa shape index (κ1) is 21.1. The van der Waals surface area contributed by atoms with Gasteiger partial charge in [0.15, 0.2) is 0 Å². The van der Waals surface area contributed by atoms with E-state index in [4.69, 9.17) is 10.6 Å². The number of unbranched alkanes of at least 4 members (excludes halogenated alkanes) is 1. The van der Waals surface area contributed by atoms with Crippen LogP contribution in [0.1, 0.15) is 39.9 Å². The maximum atomic E-state index is 12.0. The van der Waals surface area contributed by atoms with Crippen molar-refractivity contribution >= 4 is 17.6 Å². The van der Waals surface area contributed by atoms with Gasteiger partial charge in [0, 0.05) is 5.69 Å². The molecule has 0 heterocycles. The van der Waals surface area contributed by atoms with Crippen molar-refractivity contribution in [2.45, 2.75) is 32.1 Å². The van der Waals surface area contributed by atoms with Crippen LogP contribution in [0, 0.1) is 0 Å². The number of anilines is 1. The van der Waals surface area contributed by atoms with Gasteiger partial charge < -0.3 is 10.6 Å². The number of nitrogens with one attached hydrogen (secondary N) is 1. The van der Waals surface area contributed by atoms with E-state index < -0.39 is 5.97 Å². The van der Waals surface area contributed by atoms with E-state index in [1.165, 1.54) is 11.1 Å². The van der Waals surface area contributed by atoms with Gasteiger partial charge in [0.1, 0.15) is 0 Å². The highest BCUT2D eigenvalue weighted by atomic mass is 16.7. The molecule has 1 amide bonds. The summed E-state index contributed by atoms with van der Waals surface area (Å²) in [5.41, 5.74) is 12.1. The van der Waals surface area contributed by atoms with Crippen LogP contribution in [0.5, 0.6) is 0 Å². The van der Waals surface area contributed by atoms with Gasteiger partial charge in [0.25, 0.3) is 5.91 Å². The summed E-state index contributed by atoms with van der Waals surface area (Å²) in [6.07, 6.45) is 4.51. The third kappa shape index (κ3) is 6.78. The summed E-state index contributed by atoms with van der Waals surface area (Å²) >= 11 is 0. The molecule has 0 saturated heterocycles. The summed E-state index contributed by atoms with van der Waals surface area (Å²) in [5.74, 6) is -1.01. The fourth-order valence-corrected chi connectivity index (χ4v) is 3.13. The topological polar surface area (TPSA) is 81.4 Å². The Balaban J connectivity index is 1.37. The molecule has 0 spiro atoms. The van der Waals surface area contributed by atoms with E-state index in [0.29, 0.717) is 11.3 Å². The van der Waals surface area contributed by atoms with Crippen LogP contribution in [-0.2, 0) is 28.9 Å². The lowest BCUT2D eigenvalue weighted by Crippen LogP contribution is -2.28. The third-order valence-corrected chi connectivity index (χ3v) is 4.82. The van der Waals surface area contributed by atoms with Crippen LogP contribution in [-0.4, -0.2) is 11.9 Å². The second-order valence-corrected chi connectivity index (χ2v) is 7.22. The molecule has 3 aromatic carbocycles. The zero-order chi connectivity index (χ0) is 21.2. The summed E-state index contributed by atoms with van der Waals surface area (Å²) in [7, 11) is 0. The lowest BCUT2D eigenvalue weighted by Gasteiger charge is -2.07. The number of amides is 1. The predicted octanol–water partition coefficient (Wildman–Crippen LogP) is 4.26. The number of carbonyl (C=O) groups is 2. The van der Waals surface area contributed by atoms with Gasteiger partial charge in [0.2, 0.25) is 0 Å². The van der Waals surface area contributed by atoms with Crippen LogP contribution in [0.2, 0.25) is 0 Å². The molecule has 0 saturated carbocycles. The number of hydrogen-bond donors (Lipinski definition) is 2. The third-order valence-electron chi connectivity index (χ3n) is 4.82.